The van der Waals surface area contributed by atoms with Crippen LogP contribution in [0.25, 0.3) is 21.5 Å². The first-order valence-corrected chi connectivity index (χ1v) is 9.20. The van der Waals surface area contributed by atoms with Gasteiger partial charge >= 0.3 is 123 Å². The second-order valence-corrected chi connectivity index (χ2v) is 8.66. The molecule has 0 saturated carbocycles. The zero-order valence-electron chi connectivity index (χ0n) is 11.1. The van der Waals surface area contributed by atoms with Crippen molar-refractivity contribution in [3.8, 4) is 0 Å². The molecule has 0 aliphatic rings. The van der Waals surface area contributed by atoms with Gasteiger partial charge in [0.1, 0.15) is 0 Å². The Kier molecular flexibility index (Phi) is 3.42. The molecule has 0 bridgehead atoms. The van der Waals surface area contributed by atoms with E-state index in [1.807, 2.05) is 42.5 Å². The van der Waals surface area contributed by atoms with E-state index in [-0.39, 0.29) is 0 Å². The molecule has 0 saturated heterocycles. The van der Waals surface area contributed by atoms with Crippen molar-refractivity contribution in [1.29, 1.82) is 0 Å². The van der Waals surface area contributed by atoms with Crippen molar-refractivity contribution in [2.45, 2.75) is 0 Å². The minimum atomic E-state index is -3.59. The minimum absolute atomic E-state index is 0.556. The molecule has 0 N–H and O–H groups in total. The normalized spacial score (nSPS) is 12.2. The van der Waals surface area contributed by atoms with Crippen LogP contribution in [0.4, 0.5) is 0 Å². The van der Waals surface area contributed by atoms with Gasteiger partial charge in [-0.3, -0.25) is 0 Å². The predicted molar refractivity (Wildman–Crippen MR) is 81.3 cm³/mol. The molecule has 0 heterocycles. The first-order chi connectivity index (χ1) is 10.3. The van der Waals surface area contributed by atoms with E-state index in [0.717, 1.165) is 21.5 Å². The van der Waals surface area contributed by atoms with E-state index >= 15 is 0 Å². The van der Waals surface area contributed by atoms with Crippen molar-refractivity contribution in [3.63, 3.8) is 0 Å². The number of rotatable bonds is 4. The third-order valence-electron chi connectivity index (χ3n) is 3.61. The summed E-state index contributed by atoms with van der Waals surface area (Å²) in [5, 5.41) is 5.56. The Hall–Kier alpha value is -2.28. The van der Waals surface area contributed by atoms with E-state index in [0.29, 0.717) is 19.9 Å². The molecule has 0 aliphatic carbocycles. The van der Waals surface area contributed by atoms with E-state index in [2.05, 4.69) is 0 Å². The summed E-state index contributed by atoms with van der Waals surface area (Å²) in [5.41, 5.74) is 0. The molecule has 0 amide bonds. The zero-order chi connectivity index (χ0) is 14.9. The Morgan fingerprint density at radius 2 is 1.29 bits per heavy atom. The summed E-state index contributed by atoms with van der Waals surface area (Å²) in [4.78, 5) is 34.2. The Morgan fingerprint density at radius 3 is 2.00 bits per heavy atom. The Morgan fingerprint density at radius 1 is 0.619 bits per heavy atom. The van der Waals surface area contributed by atoms with E-state index < -0.39 is 13.1 Å². The Labute approximate surface area is 123 Å². The predicted octanol–water partition coefficient (Wildman–Crippen LogP) is 2.34. The second-order valence-electron chi connectivity index (χ2n) is 4.69. The van der Waals surface area contributed by atoms with Gasteiger partial charge in [-0.05, 0) is 0 Å². The van der Waals surface area contributed by atoms with Crippen LogP contribution in [0, 0.1) is 0 Å². The Bertz CT molecular complexity index is 848. The van der Waals surface area contributed by atoms with Gasteiger partial charge in [0.15, 0.2) is 0 Å². The molecule has 4 heteroatoms. The van der Waals surface area contributed by atoms with Crippen molar-refractivity contribution in [2.24, 2.45) is 0 Å². The van der Waals surface area contributed by atoms with Crippen LogP contribution in [0.15, 0.2) is 54.6 Å². The topological polar surface area (TPSA) is 51.2 Å². The van der Waals surface area contributed by atoms with Crippen LogP contribution in [0.1, 0.15) is 0 Å². The second kappa shape index (κ2) is 5.25. The molecule has 0 unspecified atom stereocenters. The van der Waals surface area contributed by atoms with Crippen LogP contribution in [0.5, 0.6) is 0 Å². The van der Waals surface area contributed by atoms with Crippen LogP contribution in [0.2, 0.25) is 0 Å². The molecule has 0 fully saturated rings. The molecule has 0 radical (unpaired) electrons. The average molecular weight is 316 g/mol. The summed E-state index contributed by atoms with van der Waals surface area (Å²) in [5.74, 6) is 0. The molecule has 3 rings (SSSR count). The van der Waals surface area contributed by atoms with Gasteiger partial charge in [0.05, 0.1) is 0 Å². The molecular weight excluding hydrogens is 304 g/mol. The summed E-state index contributed by atoms with van der Waals surface area (Å²) in [7, 11) is 0. The van der Waals surface area contributed by atoms with Crippen LogP contribution in [-0.4, -0.2) is 15.4 Å². The average Bonchev–Trinajstić information content (AvgIpc) is 2.57. The van der Waals surface area contributed by atoms with E-state index in [9.17, 15) is 14.4 Å². The number of hydrogen-bond acceptors (Lipinski definition) is 3. The van der Waals surface area contributed by atoms with Crippen molar-refractivity contribution in [1.82, 2.24) is 0 Å². The number of hydrogen-bond donors (Lipinski definition) is 0. The number of carbonyl (C=O) groups is 3. The van der Waals surface area contributed by atoms with E-state index in [1.54, 1.807) is 12.1 Å². The maximum absolute atomic E-state index is 11.4. The van der Waals surface area contributed by atoms with Gasteiger partial charge < -0.3 is 0 Å². The van der Waals surface area contributed by atoms with E-state index in [4.69, 9.17) is 0 Å². The molecule has 0 spiro atoms. The van der Waals surface area contributed by atoms with Crippen LogP contribution < -0.4 is 4.43 Å². The maximum atomic E-state index is 11.4. The van der Waals surface area contributed by atoms with Gasteiger partial charge in [0.2, 0.25) is 0 Å². The summed E-state index contributed by atoms with van der Waals surface area (Å²) in [6, 6.07) is 17.2. The van der Waals surface area contributed by atoms with Gasteiger partial charge in [-0.1, -0.05) is 0 Å². The molecule has 104 valence electrons. The molecule has 0 aliphatic heterocycles. The van der Waals surface area contributed by atoms with Gasteiger partial charge in [-0.15, -0.1) is 0 Å². The standard InChI is InChI=1S/C14H9.3CHO.Cr/c1-3-7-13-11(5-1)9-10-12-6-2-4-8-14(12)13;3*1-2;/h1-5,7-10H;3*1H;. The molecule has 0 atom stereocenters. The first-order valence-electron chi connectivity index (χ1n) is 6.35. The number of benzene rings is 3. The molecule has 3 aromatic rings. The quantitative estimate of drug-likeness (QED) is 0.548. The summed E-state index contributed by atoms with van der Waals surface area (Å²) in [6.07, 6.45) is 0. The third kappa shape index (κ3) is 2.01. The van der Waals surface area contributed by atoms with E-state index in [1.165, 1.54) is 0 Å². The van der Waals surface area contributed by atoms with Crippen LogP contribution in [0.3, 0.4) is 0 Å². The van der Waals surface area contributed by atoms with Crippen molar-refractivity contribution >= 4 is 41.4 Å². The first kappa shape index (κ1) is 13.7. The fourth-order valence-electron chi connectivity index (χ4n) is 2.54. The number of fused-ring (bicyclic) bond motifs is 3. The fraction of sp³-hybridized carbons (Fsp3) is 0. The van der Waals surface area contributed by atoms with Gasteiger partial charge in [0, 0.05) is 0 Å². The SMILES string of the molecule is O=[CH][Cr]([CH]=O)([CH]=O)[c]1cccc2c1ccc1ccccc12. The molecular formula is C17H12CrO3. The summed E-state index contributed by atoms with van der Waals surface area (Å²) in [6.45, 7) is 0. The van der Waals surface area contributed by atoms with Crippen LogP contribution in [-0.2, 0) is 27.5 Å². The van der Waals surface area contributed by atoms with Crippen molar-refractivity contribution in [3.05, 3.63) is 54.6 Å². The summed E-state index contributed by atoms with van der Waals surface area (Å²) < 4.78 is 0.578. The molecule has 3 aromatic carbocycles. The zero-order valence-corrected chi connectivity index (χ0v) is 12.3. The summed E-state index contributed by atoms with van der Waals surface area (Å²) >= 11 is -3.59. The van der Waals surface area contributed by atoms with Gasteiger partial charge in [0.25, 0.3) is 0 Å². The molecule has 3 nitrogen and oxygen atoms in total. The van der Waals surface area contributed by atoms with Gasteiger partial charge in [-0.2, -0.15) is 0 Å². The van der Waals surface area contributed by atoms with Crippen LogP contribution >= 0.6 is 0 Å². The molecule has 21 heavy (non-hydrogen) atoms. The van der Waals surface area contributed by atoms with Crippen molar-refractivity contribution in [2.75, 3.05) is 0 Å². The third-order valence-corrected chi connectivity index (χ3v) is 6.84. The fourth-order valence-corrected chi connectivity index (χ4v) is 4.61. The molecule has 0 aromatic heterocycles. The number of carbonyl (C=O) groups excluding carboxylic acids is 3. The van der Waals surface area contributed by atoms with Crippen molar-refractivity contribution < 1.29 is 27.5 Å². The van der Waals surface area contributed by atoms with Gasteiger partial charge in [-0.25, -0.2) is 0 Å². The monoisotopic (exact) mass is 316 g/mol. The Balaban J connectivity index is 2.46.